The number of nitrogens with two attached hydrogens (primary N) is 1. The van der Waals surface area contributed by atoms with Crippen LogP contribution >= 0.6 is 0 Å². The molecular formula is C22H25F3N4O. The number of aromatic nitrogens is 2. The molecule has 0 unspecified atom stereocenters. The Bertz CT molecular complexity index is 925. The molecule has 4 rings (SSSR count). The van der Waals surface area contributed by atoms with Gasteiger partial charge in [0.2, 0.25) is 11.9 Å². The highest BCUT2D eigenvalue weighted by Crippen LogP contribution is 2.39. The van der Waals surface area contributed by atoms with Crippen LogP contribution in [0.25, 0.3) is 11.1 Å². The zero-order chi connectivity index (χ0) is 21.3. The number of alkyl halides is 3. The van der Waals surface area contributed by atoms with Crippen molar-refractivity contribution >= 4 is 11.9 Å². The normalized spacial score (nSPS) is 20.5. The van der Waals surface area contributed by atoms with Crippen molar-refractivity contribution in [3.05, 3.63) is 41.7 Å². The highest BCUT2D eigenvalue weighted by molar-refractivity contribution is 5.80. The first-order chi connectivity index (χ1) is 14.3. The summed E-state index contributed by atoms with van der Waals surface area (Å²) in [5.41, 5.74) is 6.52. The fourth-order valence-electron chi connectivity index (χ4n) is 4.64. The Hall–Kier alpha value is -2.64. The lowest BCUT2D eigenvalue weighted by Crippen LogP contribution is -2.42. The molecule has 1 amide bonds. The predicted octanol–water partition coefficient (Wildman–Crippen LogP) is 4.99. The van der Waals surface area contributed by atoms with Gasteiger partial charge in [-0.05, 0) is 49.8 Å². The Morgan fingerprint density at radius 3 is 2.57 bits per heavy atom. The summed E-state index contributed by atoms with van der Waals surface area (Å²) in [6, 6.07) is 4.82. The van der Waals surface area contributed by atoms with Gasteiger partial charge in [-0.1, -0.05) is 25.0 Å². The highest BCUT2D eigenvalue weighted by Gasteiger charge is 2.36. The van der Waals surface area contributed by atoms with Crippen LogP contribution in [0.5, 0.6) is 0 Å². The van der Waals surface area contributed by atoms with Gasteiger partial charge in [0.15, 0.2) is 0 Å². The lowest BCUT2D eigenvalue weighted by molar-refractivity contribution is -0.139. The minimum absolute atomic E-state index is 0.0294. The van der Waals surface area contributed by atoms with Gasteiger partial charge in [0.25, 0.3) is 0 Å². The second kappa shape index (κ2) is 8.24. The van der Waals surface area contributed by atoms with E-state index in [9.17, 15) is 18.0 Å². The third-order valence-electron chi connectivity index (χ3n) is 6.14. The smallest absolute Gasteiger partial charge is 0.368 e. The van der Waals surface area contributed by atoms with E-state index in [1.807, 2.05) is 4.90 Å². The van der Waals surface area contributed by atoms with Crippen LogP contribution in [0.1, 0.15) is 62.2 Å². The molecule has 1 saturated carbocycles. The van der Waals surface area contributed by atoms with E-state index in [2.05, 4.69) is 9.97 Å². The van der Waals surface area contributed by atoms with E-state index in [0.717, 1.165) is 50.7 Å². The maximum absolute atomic E-state index is 13.2. The fraction of sp³-hybridized carbons (Fsp3) is 0.500. The summed E-state index contributed by atoms with van der Waals surface area (Å²) in [5.74, 6) is 0.214. The lowest BCUT2D eigenvalue weighted by atomic mass is 9.92. The van der Waals surface area contributed by atoms with Gasteiger partial charge in [-0.2, -0.15) is 13.2 Å². The molecule has 2 aliphatic rings. The maximum Gasteiger partial charge on any atom is 0.416 e. The second-order valence-corrected chi connectivity index (χ2v) is 8.13. The Morgan fingerprint density at radius 2 is 1.83 bits per heavy atom. The summed E-state index contributed by atoms with van der Waals surface area (Å²) in [6.07, 6.45) is 3.49. The van der Waals surface area contributed by atoms with Crippen LogP contribution < -0.4 is 5.73 Å². The van der Waals surface area contributed by atoms with Crippen LogP contribution in [0.4, 0.5) is 19.1 Å². The number of anilines is 1. The largest absolute Gasteiger partial charge is 0.416 e. The third-order valence-corrected chi connectivity index (χ3v) is 6.14. The third kappa shape index (κ3) is 4.13. The average molecular weight is 418 g/mol. The van der Waals surface area contributed by atoms with Crippen molar-refractivity contribution in [1.82, 2.24) is 14.9 Å². The summed E-state index contributed by atoms with van der Waals surface area (Å²) in [5, 5.41) is 0. The standard InChI is InChI=1S/C22H25F3N4O/c23-22(24,25)16-9-5-8-15(12-16)17-13-27-21(26)28-19(17)18-10-3-4-11-29(18)20(30)14-6-1-2-7-14/h5,8-9,12-14,18H,1-4,6-7,10-11H2,(H2,26,27,28)/t18-/m0/s1. The van der Waals surface area contributed by atoms with E-state index in [0.29, 0.717) is 29.8 Å². The lowest BCUT2D eigenvalue weighted by Gasteiger charge is -2.37. The van der Waals surface area contributed by atoms with Gasteiger partial charge in [-0.15, -0.1) is 0 Å². The Kier molecular flexibility index (Phi) is 5.66. The quantitative estimate of drug-likeness (QED) is 0.762. The molecule has 0 bridgehead atoms. The topological polar surface area (TPSA) is 72.1 Å². The minimum atomic E-state index is -4.44. The van der Waals surface area contributed by atoms with E-state index in [1.54, 1.807) is 6.07 Å². The van der Waals surface area contributed by atoms with Gasteiger partial charge in [0, 0.05) is 24.2 Å². The molecule has 1 aromatic carbocycles. The van der Waals surface area contributed by atoms with Crippen LogP contribution in [0.15, 0.2) is 30.5 Å². The first kappa shape index (κ1) is 20.6. The second-order valence-electron chi connectivity index (χ2n) is 8.13. The number of nitrogen functional groups attached to an aromatic ring is 1. The van der Waals surface area contributed by atoms with Crippen LogP contribution in [0.2, 0.25) is 0 Å². The number of rotatable bonds is 3. The predicted molar refractivity (Wildman–Crippen MR) is 107 cm³/mol. The molecule has 30 heavy (non-hydrogen) atoms. The van der Waals surface area contributed by atoms with Gasteiger partial charge in [0.05, 0.1) is 17.3 Å². The number of likely N-dealkylation sites (tertiary alicyclic amines) is 1. The molecule has 1 aromatic heterocycles. The molecule has 1 aliphatic heterocycles. The van der Waals surface area contributed by atoms with Gasteiger partial charge < -0.3 is 10.6 Å². The molecule has 5 nitrogen and oxygen atoms in total. The number of halogens is 3. The monoisotopic (exact) mass is 418 g/mol. The Morgan fingerprint density at radius 1 is 1.10 bits per heavy atom. The van der Waals surface area contributed by atoms with Crippen molar-refractivity contribution < 1.29 is 18.0 Å². The zero-order valence-electron chi connectivity index (χ0n) is 16.7. The molecule has 160 valence electrons. The van der Waals surface area contributed by atoms with Crippen molar-refractivity contribution in [3.8, 4) is 11.1 Å². The molecule has 2 fully saturated rings. The van der Waals surface area contributed by atoms with E-state index < -0.39 is 11.7 Å². The molecule has 2 heterocycles. The molecule has 2 aromatic rings. The summed E-state index contributed by atoms with van der Waals surface area (Å²) < 4.78 is 39.7. The van der Waals surface area contributed by atoms with Crippen molar-refractivity contribution in [1.29, 1.82) is 0 Å². The fourth-order valence-corrected chi connectivity index (χ4v) is 4.64. The number of piperidine rings is 1. The van der Waals surface area contributed by atoms with E-state index in [-0.39, 0.29) is 23.8 Å². The zero-order valence-corrected chi connectivity index (χ0v) is 16.7. The SMILES string of the molecule is Nc1ncc(-c2cccc(C(F)(F)F)c2)c([C@@H]2CCCCN2C(=O)C2CCCC2)n1. The van der Waals surface area contributed by atoms with Gasteiger partial charge in [-0.25, -0.2) is 9.97 Å². The molecule has 2 N–H and O–H groups in total. The van der Waals surface area contributed by atoms with E-state index in [1.165, 1.54) is 12.3 Å². The number of carbonyl (C=O) groups is 1. The minimum Gasteiger partial charge on any atom is -0.368 e. The van der Waals surface area contributed by atoms with Crippen LogP contribution in [0.3, 0.4) is 0 Å². The van der Waals surface area contributed by atoms with Crippen LogP contribution in [0, 0.1) is 5.92 Å². The van der Waals surface area contributed by atoms with Crippen LogP contribution in [-0.2, 0) is 11.0 Å². The highest BCUT2D eigenvalue weighted by atomic mass is 19.4. The van der Waals surface area contributed by atoms with Crippen molar-refractivity contribution in [2.24, 2.45) is 5.92 Å². The molecule has 1 atom stereocenters. The molecule has 1 aliphatic carbocycles. The van der Waals surface area contributed by atoms with E-state index in [4.69, 9.17) is 5.73 Å². The number of carbonyl (C=O) groups excluding carboxylic acids is 1. The molecular weight excluding hydrogens is 393 g/mol. The summed E-state index contributed by atoms with van der Waals surface area (Å²) in [7, 11) is 0. The van der Waals surface area contributed by atoms with Crippen LogP contribution in [-0.4, -0.2) is 27.3 Å². The summed E-state index contributed by atoms with van der Waals surface area (Å²) >= 11 is 0. The number of benzene rings is 1. The summed E-state index contributed by atoms with van der Waals surface area (Å²) in [6.45, 7) is 0.631. The molecule has 8 heteroatoms. The molecule has 1 saturated heterocycles. The average Bonchev–Trinajstić information content (AvgIpc) is 3.27. The first-order valence-electron chi connectivity index (χ1n) is 10.4. The number of nitrogens with zero attached hydrogens (tertiary/aromatic N) is 3. The van der Waals surface area contributed by atoms with Crippen molar-refractivity contribution in [3.63, 3.8) is 0 Å². The Balaban J connectivity index is 1.75. The Labute approximate surface area is 173 Å². The van der Waals surface area contributed by atoms with E-state index >= 15 is 0 Å². The molecule has 0 spiro atoms. The van der Waals surface area contributed by atoms with Gasteiger partial charge in [-0.3, -0.25) is 4.79 Å². The van der Waals surface area contributed by atoms with Gasteiger partial charge in [0.1, 0.15) is 0 Å². The van der Waals surface area contributed by atoms with Crippen molar-refractivity contribution in [2.75, 3.05) is 12.3 Å². The van der Waals surface area contributed by atoms with Gasteiger partial charge >= 0.3 is 6.18 Å². The first-order valence-corrected chi connectivity index (χ1v) is 10.4. The summed E-state index contributed by atoms with van der Waals surface area (Å²) in [4.78, 5) is 23.5. The molecule has 0 radical (unpaired) electrons. The number of hydrogen-bond donors (Lipinski definition) is 1. The van der Waals surface area contributed by atoms with Crippen molar-refractivity contribution in [2.45, 2.75) is 57.2 Å². The maximum atomic E-state index is 13.2. The number of hydrogen-bond acceptors (Lipinski definition) is 4. The number of amides is 1.